The fraction of sp³-hybridized carbons (Fsp3) is 0.500. The molecule has 1 aromatic heterocycles. The molecule has 1 aromatic rings. The fourth-order valence-corrected chi connectivity index (χ4v) is 2.25. The van der Waals surface area contributed by atoms with E-state index < -0.39 is 0 Å². The van der Waals surface area contributed by atoms with E-state index in [1.807, 2.05) is 19.1 Å². The van der Waals surface area contributed by atoms with Crippen molar-refractivity contribution in [2.75, 3.05) is 13.7 Å². The molecule has 0 aliphatic heterocycles. The molecule has 2 N–H and O–H groups in total. The average molecular weight is 213 g/mol. The van der Waals surface area contributed by atoms with Crippen molar-refractivity contribution in [2.24, 2.45) is 5.73 Å². The van der Waals surface area contributed by atoms with Crippen LogP contribution in [-0.2, 0) is 9.53 Å². The summed E-state index contributed by atoms with van der Waals surface area (Å²) in [6.45, 7) is 2.52. The van der Waals surface area contributed by atoms with E-state index in [-0.39, 0.29) is 11.9 Å². The molecule has 1 rings (SSSR count). The topological polar surface area (TPSA) is 52.3 Å². The lowest BCUT2D eigenvalue weighted by molar-refractivity contribution is -0.141. The molecule has 0 radical (unpaired) electrons. The van der Waals surface area contributed by atoms with Crippen LogP contribution in [0.1, 0.15) is 22.1 Å². The Morgan fingerprint density at radius 1 is 1.64 bits per heavy atom. The highest BCUT2D eigenvalue weighted by Crippen LogP contribution is 2.26. The predicted molar refractivity (Wildman–Crippen MR) is 57.5 cm³/mol. The third-order valence-corrected chi connectivity index (χ3v) is 3.25. The normalized spacial score (nSPS) is 12.5. The first-order chi connectivity index (χ1) is 6.67. The lowest BCUT2D eigenvalue weighted by Gasteiger charge is -2.10. The molecule has 0 bridgehead atoms. The van der Waals surface area contributed by atoms with Crippen LogP contribution < -0.4 is 5.73 Å². The highest BCUT2D eigenvalue weighted by atomic mass is 32.1. The molecule has 1 atom stereocenters. The summed E-state index contributed by atoms with van der Waals surface area (Å²) in [5, 5.41) is 0. The van der Waals surface area contributed by atoms with Gasteiger partial charge in [-0.2, -0.15) is 0 Å². The van der Waals surface area contributed by atoms with Crippen molar-refractivity contribution in [3.8, 4) is 0 Å². The van der Waals surface area contributed by atoms with Gasteiger partial charge in [-0.1, -0.05) is 0 Å². The number of carbonyl (C=O) groups excluding carboxylic acids is 1. The lowest BCUT2D eigenvalue weighted by atomic mass is 10.0. The maximum absolute atomic E-state index is 11.1. The Bertz CT molecular complexity index is 309. The second-order valence-corrected chi connectivity index (χ2v) is 4.48. The van der Waals surface area contributed by atoms with E-state index in [1.54, 1.807) is 11.3 Å². The second kappa shape index (κ2) is 5.12. The summed E-state index contributed by atoms with van der Waals surface area (Å²) in [6.07, 6.45) is 0.368. The van der Waals surface area contributed by atoms with Crippen molar-refractivity contribution in [1.82, 2.24) is 0 Å². The van der Waals surface area contributed by atoms with E-state index in [0.29, 0.717) is 13.0 Å². The van der Waals surface area contributed by atoms with Crippen LogP contribution in [0.5, 0.6) is 0 Å². The molecule has 4 heteroatoms. The molecule has 3 nitrogen and oxygen atoms in total. The van der Waals surface area contributed by atoms with Crippen LogP contribution in [0.25, 0.3) is 0 Å². The van der Waals surface area contributed by atoms with Crippen molar-refractivity contribution in [3.63, 3.8) is 0 Å². The molecule has 1 heterocycles. The number of aryl methyl sites for hydroxylation is 1. The maximum atomic E-state index is 11.1. The average Bonchev–Trinajstić information content (AvgIpc) is 2.60. The zero-order valence-corrected chi connectivity index (χ0v) is 9.26. The smallest absolute Gasteiger partial charge is 0.306 e. The van der Waals surface area contributed by atoms with Crippen LogP contribution in [0, 0.1) is 6.92 Å². The van der Waals surface area contributed by atoms with Gasteiger partial charge in [-0.3, -0.25) is 4.79 Å². The van der Waals surface area contributed by atoms with Gasteiger partial charge in [-0.15, -0.1) is 11.3 Å². The molecule has 0 saturated carbocycles. The number of hydrogen-bond acceptors (Lipinski definition) is 4. The number of hydrogen-bond donors (Lipinski definition) is 1. The van der Waals surface area contributed by atoms with Crippen molar-refractivity contribution in [3.05, 3.63) is 21.9 Å². The van der Waals surface area contributed by atoms with Gasteiger partial charge in [0.15, 0.2) is 0 Å². The van der Waals surface area contributed by atoms with E-state index in [9.17, 15) is 4.79 Å². The van der Waals surface area contributed by atoms with Gasteiger partial charge in [0.1, 0.15) is 0 Å². The molecule has 0 aliphatic carbocycles. The number of methoxy groups -OCH3 is 1. The first-order valence-corrected chi connectivity index (χ1v) is 5.32. The van der Waals surface area contributed by atoms with Gasteiger partial charge in [0, 0.05) is 22.2 Å². The highest BCUT2D eigenvalue weighted by molar-refractivity contribution is 7.12. The fourth-order valence-electron chi connectivity index (χ4n) is 1.26. The van der Waals surface area contributed by atoms with Crippen LogP contribution in [0.4, 0.5) is 0 Å². The lowest BCUT2D eigenvalue weighted by Crippen LogP contribution is -2.16. The third-order valence-electron chi connectivity index (χ3n) is 2.09. The number of rotatable bonds is 4. The van der Waals surface area contributed by atoms with Gasteiger partial charge in [0.2, 0.25) is 0 Å². The summed E-state index contributed by atoms with van der Waals surface area (Å²) in [4.78, 5) is 13.5. The summed E-state index contributed by atoms with van der Waals surface area (Å²) in [5.74, 6) is -0.104. The minimum absolute atomic E-state index is 0.0983. The maximum Gasteiger partial charge on any atom is 0.306 e. The molecule has 0 aromatic carbocycles. The van der Waals surface area contributed by atoms with Crippen molar-refractivity contribution >= 4 is 17.3 Å². The molecule has 0 spiro atoms. The Labute approximate surface area is 87.9 Å². The predicted octanol–water partition coefficient (Wildman–Crippen LogP) is 1.66. The second-order valence-electron chi connectivity index (χ2n) is 3.16. The first kappa shape index (κ1) is 11.2. The monoisotopic (exact) mass is 213 g/mol. The van der Waals surface area contributed by atoms with Crippen LogP contribution in [-0.4, -0.2) is 19.6 Å². The van der Waals surface area contributed by atoms with E-state index in [1.165, 1.54) is 12.0 Å². The Hall–Kier alpha value is -0.870. The number of thiophene rings is 1. The minimum atomic E-state index is -0.202. The summed E-state index contributed by atoms with van der Waals surface area (Å²) in [7, 11) is 1.40. The zero-order valence-electron chi connectivity index (χ0n) is 8.45. The molecular formula is C10H15NO2S. The van der Waals surface area contributed by atoms with Crippen LogP contribution in [0.15, 0.2) is 12.1 Å². The summed E-state index contributed by atoms with van der Waals surface area (Å²) < 4.78 is 4.62. The minimum Gasteiger partial charge on any atom is -0.469 e. The van der Waals surface area contributed by atoms with Gasteiger partial charge in [-0.05, 0) is 19.1 Å². The van der Waals surface area contributed by atoms with Gasteiger partial charge in [0.05, 0.1) is 13.5 Å². The van der Waals surface area contributed by atoms with Gasteiger partial charge < -0.3 is 10.5 Å². The molecule has 0 aliphatic rings. The SMILES string of the molecule is COC(=O)CC(CN)c1ccc(C)s1. The van der Waals surface area contributed by atoms with E-state index >= 15 is 0 Å². The Balaban J connectivity index is 2.67. The molecule has 14 heavy (non-hydrogen) atoms. The summed E-state index contributed by atoms with van der Waals surface area (Å²) >= 11 is 1.69. The number of nitrogens with two attached hydrogens (primary N) is 1. The molecule has 0 amide bonds. The molecule has 1 unspecified atom stereocenters. The van der Waals surface area contributed by atoms with Crippen LogP contribution in [0.2, 0.25) is 0 Å². The van der Waals surface area contributed by atoms with E-state index in [0.717, 1.165) is 4.88 Å². The van der Waals surface area contributed by atoms with Crippen molar-refractivity contribution in [1.29, 1.82) is 0 Å². The van der Waals surface area contributed by atoms with Gasteiger partial charge in [0.25, 0.3) is 0 Å². The molecule has 0 saturated heterocycles. The Morgan fingerprint density at radius 3 is 2.79 bits per heavy atom. The zero-order chi connectivity index (χ0) is 10.6. The molecule has 0 fully saturated rings. The Morgan fingerprint density at radius 2 is 2.36 bits per heavy atom. The van der Waals surface area contributed by atoms with Crippen LogP contribution in [0.3, 0.4) is 0 Å². The first-order valence-electron chi connectivity index (χ1n) is 4.50. The third kappa shape index (κ3) is 2.82. The van der Waals surface area contributed by atoms with Crippen molar-refractivity contribution < 1.29 is 9.53 Å². The van der Waals surface area contributed by atoms with E-state index in [2.05, 4.69) is 4.74 Å². The standard InChI is InChI=1S/C10H15NO2S/c1-7-3-4-9(14-7)8(6-11)5-10(12)13-2/h3-4,8H,5-6,11H2,1-2H3. The van der Waals surface area contributed by atoms with Crippen molar-refractivity contribution in [2.45, 2.75) is 19.3 Å². The van der Waals surface area contributed by atoms with Gasteiger partial charge >= 0.3 is 5.97 Å². The van der Waals surface area contributed by atoms with Crippen LogP contribution >= 0.6 is 11.3 Å². The summed E-state index contributed by atoms with van der Waals surface area (Å²) in [5.41, 5.74) is 5.62. The molecule has 78 valence electrons. The number of ether oxygens (including phenoxy) is 1. The molecular weight excluding hydrogens is 198 g/mol. The van der Waals surface area contributed by atoms with E-state index in [4.69, 9.17) is 5.73 Å². The highest BCUT2D eigenvalue weighted by Gasteiger charge is 2.16. The quantitative estimate of drug-likeness (QED) is 0.774. The number of carbonyl (C=O) groups is 1. The van der Waals surface area contributed by atoms with Gasteiger partial charge in [-0.25, -0.2) is 0 Å². The Kier molecular flexibility index (Phi) is 4.10. The summed E-state index contributed by atoms with van der Waals surface area (Å²) in [6, 6.07) is 4.07. The number of esters is 1. The largest absolute Gasteiger partial charge is 0.469 e.